The number of ether oxygens (including phenoxy) is 2. The van der Waals surface area contributed by atoms with Crippen molar-refractivity contribution in [2.75, 3.05) is 14.2 Å². The Morgan fingerprint density at radius 2 is 1.53 bits per heavy atom. The van der Waals surface area contributed by atoms with Crippen molar-refractivity contribution in [1.29, 1.82) is 0 Å². The summed E-state index contributed by atoms with van der Waals surface area (Å²) in [5, 5.41) is 0. The van der Waals surface area contributed by atoms with Crippen molar-refractivity contribution in [2.45, 2.75) is 42.8 Å². The lowest BCUT2D eigenvalue weighted by molar-refractivity contribution is -0.316. The van der Waals surface area contributed by atoms with Crippen LogP contribution in [0.3, 0.4) is 0 Å². The average molecular weight is 231 g/mol. The fourth-order valence-corrected chi connectivity index (χ4v) is 5.17. The first-order chi connectivity index (χ1) is 7.12. The summed E-state index contributed by atoms with van der Waals surface area (Å²) < 4.78 is 11.5. The molecule has 0 aromatic heterocycles. The molecule has 4 saturated carbocycles. The molecule has 0 aliphatic heterocycles. The molecule has 4 aliphatic carbocycles. The Bertz CT molecular complexity index is 257. The SMILES string of the molecule is COC1(OC)[C@@H]2CC3C[C@H]1CC(Cl)(C3)C2. The van der Waals surface area contributed by atoms with Gasteiger partial charge in [-0.1, -0.05) is 0 Å². The van der Waals surface area contributed by atoms with Crippen molar-refractivity contribution >= 4 is 11.6 Å². The van der Waals surface area contributed by atoms with Crippen molar-refractivity contribution in [3.8, 4) is 0 Å². The van der Waals surface area contributed by atoms with E-state index in [0.29, 0.717) is 11.8 Å². The molecular formula is C12H19ClO2. The number of alkyl halides is 1. The lowest BCUT2D eigenvalue weighted by Gasteiger charge is -2.61. The van der Waals surface area contributed by atoms with Crippen LogP contribution in [-0.4, -0.2) is 24.9 Å². The van der Waals surface area contributed by atoms with Crippen LogP contribution < -0.4 is 0 Å². The molecule has 0 radical (unpaired) electrons. The molecule has 4 fully saturated rings. The Morgan fingerprint density at radius 3 is 1.93 bits per heavy atom. The lowest BCUT2D eigenvalue weighted by atomic mass is 9.53. The van der Waals surface area contributed by atoms with E-state index < -0.39 is 0 Å². The number of hydrogen-bond acceptors (Lipinski definition) is 2. The Hall–Kier alpha value is 0.210. The monoisotopic (exact) mass is 230 g/mol. The van der Waals surface area contributed by atoms with Crippen molar-refractivity contribution in [3.05, 3.63) is 0 Å². The van der Waals surface area contributed by atoms with Gasteiger partial charge in [0.05, 0.1) is 0 Å². The Morgan fingerprint density at radius 1 is 1.00 bits per heavy atom. The molecule has 15 heavy (non-hydrogen) atoms. The minimum absolute atomic E-state index is 0.0665. The molecule has 0 aromatic carbocycles. The van der Waals surface area contributed by atoms with Crippen LogP contribution in [0.25, 0.3) is 0 Å². The Labute approximate surface area is 96.3 Å². The standard InChI is InChI=1S/C12H19ClO2/c1-14-12(15-2)9-3-8-4-10(12)7-11(13,5-8)6-9/h8-10H,3-7H2,1-2H3/t8?,9-,10+,11?. The van der Waals surface area contributed by atoms with Gasteiger partial charge in [-0.25, -0.2) is 0 Å². The summed E-state index contributed by atoms with van der Waals surface area (Å²) >= 11 is 6.66. The van der Waals surface area contributed by atoms with E-state index in [1.165, 1.54) is 19.3 Å². The number of hydrogen-bond donors (Lipinski definition) is 0. The molecule has 0 spiro atoms. The van der Waals surface area contributed by atoms with E-state index in [0.717, 1.165) is 18.8 Å². The molecule has 4 aliphatic rings. The number of halogens is 1. The number of methoxy groups -OCH3 is 2. The molecule has 4 bridgehead atoms. The predicted molar refractivity (Wildman–Crippen MR) is 58.9 cm³/mol. The maximum atomic E-state index is 6.66. The lowest BCUT2D eigenvalue weighted by Crippen LogP contribution is -2.63. The second-order valence-electron chi connectivity index (χ2n) is 5.62. The summed E-state index contributed by atoms with van der Waals surface area (Å²) in [6.07, 6.45) is 5.84. The third kappa shape index (κ3) is 1.25. The van der Waals surface area contributed by atoms with Gasteiger partial charge in [0.15, 0.2) is 5.79 Å². The Balaban J connectivity index is 1.96. The van der Waals surface area contributed by atoms with Gasteiger partial charge in [0.25, 0.3) is 0 Å². The van der Waals surface area contributed by atoms with Crippen molar-refractivity contribution in [1.82, 2.24) is 0 Å². The van der Waals surface area contributed by atoms with E-state index in [2.05, 4.69) is 0 Å². The molecule has 4 atom stereocenters. The zero-order valence-electron chi connectivity index (χ0n) is 9.46. The van der Waals surface area contributed by atoms with Gasteiger partial charge in [-0.05, 0) is 38.0 Å². The number of rotatable bonds is 2. The zero-order valence-corrected chi connectivity index (χ0v) is 10.2. The maximum absolute atomic E-state index is 6.66. The van der Waals surface area contributed by atoms with E-state index in [1.54, 1.807) is 14.2 Å². The fourth-order valence-electron chi connectivity index (χ4n) is 4.58. The molecule has 0 saturated heterocycles. The van der Waals surface area contributed by atoms with Crippen molar-refractivity contribution in [2.24, 2.45) is 17.8 Å². The summed E-state index contributed by atoms with van der Waals surface area (Å²) in [5.41, 5.74) is 0. The van der Waals surface area contributed by atoms with Crippen LogP contribution in [-0.2, 0) is 9.47 Å². The third-order valence-corrected chi connectivity index (χ3v) is 5.35. The normalized spacial score (nSPS) is 51.0. The second kappa shape index (κ2) is 3.12. The molecular weight excluding hydrogens is 212 g/mol. The van der Waals surface area contributed by atoms with E-state index in [1.807, 2.05) is 0 Å². The predicted octanol–water partition coefficient (Wildman–Crippen LogP) is 2.79. The van der Waals surface area contributed by atoms with Gasteiger partial charge in [-0.3, -0.25) is 0 Å². The first kappa shape index (κ1) is 10.4. The van der Waals surface area contributed by atoms with Crippen LogP contribution >= 0.6 is 11.6 Å². The van der Waals surface area contributed by atoms with Gasteiger partial charge in [0, 0.05) is 30.9 Å². The molecule has 0 N–H and O–H groups in total. The smallest absolute Gasteiger partial charge is 0.173 e. The van der Waals surface area contributed by atoms with Crippen LogP contribution in [0, 0.1) is 17.8 Å². The van der Waals surface area contributed by atoms with E-state index >= 15 is 0 Å². The van der Waals surface area contributed by atoms with Crippen LogP contribution in [0.1, 0.15) is 32.1 Å². The highest BCUT2D eigenvalue weighted by molar-refractivity contribution is 6.24. The topological polar surface area (TPSA) is 18.5 Å². The summed E-state index contributed by atoms with van der Waals surface area (Å²) in [6, 6.07) is 0. The molecule has 4 rings (SSSR count). The minimum atomic E-state index is -0.324. The first-order valence-corrected chi connectivity index (χ1v) is 6.29. The van der Waals surface area contributed by atoms with Gasteiger partial charge < -0.3 is 9.47 Å². The molecule has 86 valence electrons. The van der Waals surface area contributed by atoms with Gasteiger partial charge in [0.2, 0.25) is 0 Å². The molecule has 0 heterocycles. The maximum Gasteiger partial charge on any atom is 0.173 e. The van der Waals surface area contributed by atoms with Crippen LogP contribution in [0.15, 0.2) is 0 Å². The molecule has 0 aromatic rings. The highest BCUT2D eigenvalue weighted by atomic mass is 35.5. The second-order valence-corrected chi connectivity index (χ2v) is 6.43. The van der Waals surface area contributed by atoms with Gasteiger partial charge in [-0.15, -0.1) is 11.6 Å². The molecule has 2 nitrogen and oxygen atoms in total. The summed E-state index contributed by atoms with van der Waals surface area (Å²) in [6.45, 7) is 0. The quantitative estimate of drug-likeness (QED) is 0.537. The minimum Gasteiger partial charge on any atom is -0.353 e. The summed E-state index contributed by atoms with van der Waals surface area (Å²) in [7, 11) is 3.57. The van der Waals surface area contributed by atoms with Gasteiger partial charge >= 0.3 is 0 Å². The summed E-state index contributed by atoms with van der Waals surface area (Å²) in [5.74, 6) is 1.51. The van der Waals surface area contributed by atoms with Gasteiger partial charge in [0.1, 0.15) is 0 Å². The van der Waals surface area contributed by atoms with Crippen LogP contribution in [0.4, 0.5) is 0 Å². The Kier molecular flexibility index (Phi) is 2.15. The fraction of sp³-hybridized carbons (Fsp3) is 1.00. The molecule has 0 amide bonds. The summed E-state index contributed by atoms with van der Waals surface area (Å²) in [4.78, 5) is 0.0665. The largest absolute Gasteiger partial charge is 0.353 e. The van der Waals surface area contributed by atoms with Crippen LogP contribution in [0.5, 0.6) is 0 Å². The first-order valence-electron chi connectivity index (χ1n) is 5.91. The highest BCUT2D eigenvalue weighted by Gasteiger charge is 2.62. The zero-order chi connectivity index (χ0) is 10.7. The third-order valence-electron chi connectivity index (χ3n) is 4.89. The van der Waals surface area contributed by atoms with E-state index in [9.17, 15) is 0 Å². The van der Waals surface area contributed by atoms with E-state index in [-0.39, 0.29) is 10.7 Å². The van der Waals surface area contributed by atoms with Crippen molar-refractivity contribution in [3.63, 3.8) is 0 Å². The van der Waals surface area contributed by atoms with Gasteiger partial charge in [-0.2, -0.15) is 0 Å². The highest BCUT2D eigenvalue weighted by Crippen LogP contribution is 2.63. The molecule has 2 unspecified atom stereocenters. The van der Waals surface area contributed by atoms with E-state index in [4.69, 9.17) is 21.1 Å². The average Bonchev–Trinajstić information content (AvgIpc) is 2.16. The van der Waals surface area contributed by atoms with Crippen molar-refractivity contribution < 1.29 is 9.47 Å². The molecule has 3 heteroatoms. The van der Waals surface area contributed by atoms with Crippen LogP contribution in [0.2, 0.25) is 0 Å².